The van der Waals surface area contributed by atoms with Gasteiger partial charge in [-0.2, -0.15) is 0 Å². The van der Waals surface area contributed by atoms with Crippen LogP contribution in [0.2, 0.25) is 0 Å². The largest absolute Gasteiger partial charge is 0.497 e. The molecule has 180 valence electrons. The van der Waals surface area contributed by atoms with Crippen LogP contribution < -0.4 is 24.4 Å². The number of aryl methyl sites for hydroxylation is 1. The van der Waals surface area contributed by atoms with Crippen LogP contribution in [0.5, 0.6) is 11.5 Å². The van der Waals surface area contributed by atoms with E-state index in [1.165, 1.54) is 22.5 Å². The van der Waals surface area contributed by atoms with Gasteiger partial charge < -0.3 is 9.47 Å². The molecule has 0 N–H and O–H groups in total. The Labute approximate surface area is 220 Å². The molecule has 0 unspecified atom stereocenters. The van der Waals surface area contributed by atoms with E-state index in [9.17, 15) is 4.79 Å². The third kappa shape index (κ3) is 3.83. The van der Waals surface area contributed by atoms with Crippen LogP contribution in [0.3, 0.4) is 0 Å². The summed E-state index contributed by atoms with van der Waals surface area (Å²) in [7, 11) is 3.30. The topological polar surface area (TPSA) is 52.8 Å². The van der Waals surface area contributed by atoms with E-state index in [0.29, 0.717) is 15.1 Å². The monoisotopic (exact) mass is 558 g/mol. The van der Waals surface area contributed by atoms with Gasteiger partial charge in [0.2, 0.25) is 0 Å². The summed E-state index contributed by atoms with van der Waals surface area (Å²) in [5, 5.41) is 0. The highest BCUT2D eigenvalue weighted by Crippen LogP contribution is 2.41. The molecule has 5 nitrogen and oxygen atoms in total. The highest BCUT2D eigenvalue weighted by molar-refractivity contribution is 9.10. The lowest BCUT2D eigenvalue weighted by molar-refractivity contribution is 0.413. The van der Waals surface area contributed by atoms with Crippen LogP contribution in [0.4, 0.5) is 0 Å². The number of hydrogen-bond donors (Lipinski definition) is 0. The maximum absolute atomic E-state index is 13.9. The second kappa shape index (κ2) is 9.22. The Morgan fingerprint density at radius 2 is 1.89 bits per heavy atom. The van der Waals surface area contributed by atoms with Gasteiger partial charge in [-0.05, 0) is 65.9 Å². The number of aromatic nitrogens is 1. The van der Waals surface area contributed by atoms with E-state index < -0.39 is 0 Å². The summed E-state index contributed by atoms with van der Waals surface area (Å²) in [5.41, 5.74) is 6.39. The molecular weight excluding hydrogens is 536 g/mol. The first-order valence-electron chi connectivity index (χ1n) is 11.7. The smallest absolute Gasteiger partial charge is 0.271 e. The standard InChI is InChI=1S/C29H23BrN2O3S/c1-34-21-8-5-7-18(15-21)27-23-12-10-17-6-3-4-9-22(17)26(23)31-29-32(27)28(33)25(36-29)16-19-14-20(30)11-13-24(19)35-2/h3-9,11,13-16,27H,10,12H2,1-2H3/b25-16+/t27-/m0/s1. The fraction of sp³-hybridized carbons (Fsp3) is 0.172. The third-order valence-electron chi connectivity index (χ3n) is 6.76. The van der Waals surface area contributed by atoms with Crippen molar-refractivity contribution in [1.82, 2.24) is 4.57 Å². The third-order valence-corrected chi connectivity index (χ3v) is 8.24. The maximum atomic E-state index is 13.9. The van der Waals surface area contributed by atoms with E-state index in [0.717, 1.165) is 45.5 Å². The lowest BCUT2D eigenvalue weighted by Crippen LogP contribution is -2.38. The van der Waals surface area contributed by atoms with Crippen molar-refractivity contribution in [1.29, 1.82) is 0 Å². The highest BCUT2D eigenvalue weighted by Gasteiger charge is 2.32. The number of ether oxygens (including phenoxy) is 2. The Hall–Kier alpha value is -3.42. The van der Waals surface area contributed by atoms with Gasteiger partial charge in [0.15, 0.2) is 4.80 Å². The van der Waals surface area contributed by atoms with Gasteiger partial charge in [-0.15, -0.1) is 0 Å². The van der Waals surface area contributed by atoms with E-state index in [1.807, 2.05) is 47.0 Å². The van der Waals surface area contributed by atoms with Crippen molar-refractivity contribution in [3.63, 3.8) is 0 Å². The molecular formula is C29H23BrN2O3S. The quantitative estimate of drug-likeness (QED) is 0.350. The molecule has 4 aromatic rings. The number of hydrogen-bond acceptors (Lipinski definition) is 5. The normalized spacial score (nSPS) is 16.6. The average Bonchev–Trinajstić information content (AvgIpc) is 3.21. The summed E-state index contributed by atoms with van der Waals surface area (Å²) in [5.74, 6) is 1.48. The molecule has 1 atom stereocenters. The van der Waals surface area contributed by atoms with E-state index in [2.05, 4.69) is 46.3 Å². The van der Waals surface area contributed by atoms with Crippen molar-refractivity contribution < 1.29 is 9.47 Å². The van der Waals surface area contributed by atoms with Crippen LogP contribution >= 0.6 is 27.3 Å². The van der Waals surface area contributed by atoms with Crippen LogP contribution in [-0.2, 0) is 6.42 Å². The van der Waals surface area contributed by atoms with E-state index >= 15 is 0 Å². The van der Waals surface area contributed by atoms with Crippen molar-refractivity contribution in [2.45, 2.75) is 18.9 Å². The lowest BCUT2D eigenvalue weighted by atomic mass is 9.83. The second-order valence-corrected chi connectivity index (χ2v) is 10.7. The van der Waals surface area contributed by atoms with Crippen LogP contribution in [0, 0.1) is 0 Å². The van der Waals surface area contributed by atoms with Gasteiger partial charge in [-0.1, -0.05) is 63.7 Å². The SMILES string of the molecule is COc1cccc([C@H]2C3=C(N=c4s/c(=C/c5cc(Br)ccc5OC)c(=O)n42)c2ccccc2CC3)c1. The molecule has 36 heavy (non-hydrogen) atoms. The molecule has 2 aliphatic rings. The Kier molecular flexibility index (Phi) is 5.90. The Balaban J connectivity index is 1.63. The number of methoxy groups -OCH3 is 2. The molecule has 1 aliphatic heterocycles. The first-order chi connectivity index (χ1) is 17.6. The highest BCUT2D eigenvalue weighted by atomic mass is 79.9. The first-order valence-corrected chi connectivity index (χ1v) is 13.3. The van der Waals surface area contributed by atoms with E-state index in [-0.39, 0.29) is 11.6 Å². The van der Waals surface area contributed by atoms with Gasteiger partial charge in [-0.25, -0.2) is 4.99 Å². The van der Waals surface area contributed by atoms with Crippen molar-refractivity contribution in [2.75, 3.05) is 14.2 Å². The van der Waals surface area contributed by atoms with Crippen molar-refractivity contribution >= 4 is 39.0 Å². The predicted molar refractivity (Wildman–Crippen MR) is 146 cm³/mol. The molecule has 0 saturated heterocycles. The van der Waals surface area contributed by atoms with Crippen LogP contribution in [0.1, 0.15) is 34.7 Å². The number of halogens is 1. The Morgan fingerprint density at radius 3 is 2.72 bits per heavy atom. The second-order valence-electron chi connectivity index (χ2n) is 8.78. The number of rotatable bonds is 4. The molecule has 1 aromatic heterocycles. The molecule has 3 aromatic carbocycles. The summed E-state index contributed by atoms with van der Waals surface area (Å²) < 4.78 is 14.5. The molecule has 0 amide bonds. The van der Waals surface area contributed by atoms with Gasteiger partial charge in [0, 0.05) is 15.6 Å². The fourth-order valence-corrected chi connectivity index (χ4v) is 6.46. The van der Waals surface area contributed by atoms with E-state index in [4.69, 9.17) is 14.5 Å². The summed E-state index contributed by atoms with van der Waals surface area (Å²) in [4.78, 5) is 19.7. The molecule has 0 fully saturated rings. The van der Waals surface area contributed by atoms with Gasteiger partial charge in [0.05, 0.1) is 30.5 Å². The van der Waals surface area contributed by atoms with Crippen molar-refractivity contribution in [2.24, 2.45) is 4.99 Å². The molecule has 2 heterocycles. The maximum Gasteiger partial charge on any atom is 0.271 e. The van der Waals surface area contributed by atoms with Gasteiger partial charge in [0.1, 0.15) is 11.5 Å². The zero-order chi connectivity index (χ0) is 24.8. The average molecular weight is 559 g/mol. The van der Waals surface area contributed by atoms with Gasteiger partial charge in [0.25, 0.3) is 5.56 Å². The minimum absolute atomic E-state index is 0.0565. The number of thiazole rings is 1. The molecule has 7 heteroatoms. The summed E-state index contributed by atoms with van der Waals surface area (Å²) in [6.45, 7) is 0. The first kappa shape index (κ1) is 23.0. The predicted octanol–water partition coefficient (Wildman–Crippen LogP) is 5.10. The number of allylic oxidation sites excluding steroid dienone is 1. The molecule has 0 saturated carbocycles. The molecule has 6 rings (SSSR count). The minimum Gasteiger partial charge on any atom is -0.497 e. The lowest BCUT2D eigenvalue weighted by Gasteiger charge is -2.31. The zero-order valence-corrected chi connectivity index (χ0v) is 22.2. The number of fused-ring (bicyclic) bond motifs is 3. The van der Waals surface area contributed by atoms with E-state index in [1.54, 1.807) is 14.2 Å². The summed E-state index contributed by atoms with van der Waals surface area (Å²) >= 11 is 4.94. The van der Waals surface area contributed by atoms with Crippen molar-refractivity contribution in [3.8, 4) is 11.5 Å². The number of benzene rings is 3. The molecule has 0 bridgehead atoms. The van der Waals surface area contributed by atoms with Crippen molar-refractivity contribution in [3.05, 3.63) is 119 Å². The fourth-order valence-electron chi connectivity index (χ4n) is 5.09. The molecule has 0 radical (unpaired) electrons. The van der Waals surface area contributed by atoms with Crippen LogP contribution in [0.25, 0.3) is 11.8 Å². The van der Waals surface area contributed by atoms with Gasteiger partial charge in [-0.3, -0.25) is 9.36 Å². The minimum atomic E-state index is -0.244. The number of nitrogens with zero attached hydrogens (tertiary/aromatic N) is 2. The molecule has 1 aliphatic carbocycles. The van der Waals surface area contributed by atoms with Crippen LogP contribution in [0.15, 0.2) is 86.6 Å². The van der Waals surface area contributed by atoms with Crippen LogP contribution in [-0.4, -0.2) is 18.8 Å². The Bertz CT molecular complexity index is 1720. The summed E-state index contributed by atoms with van der Waals surface area (Å²) in [6, 6.07) is 22.0. The Morgan fingerprint density at radius 1 is 1.03 bits per heavy atom. The summed E-state index contributed by atoms with van der Waals surface area (Å²) in [6.07, 6.45) is 3.67. The van der Waals surface area contributed by atoms with Gasteiger partial charge >= 0.3 is 0 Å². The zero-order valence-electron chi connectivity index (χ0n) is 19.8. The molecule has 0 spiro atoms.